The molecule has 8 heteroatoms. The van der Waals surface area contributed by atoms with Crippen molar-refractivity contribution in [2.24, 2.45) is 5.16 Å². The van der Waals surface area contributed by atoms with Crippen LogP contribution in [0.2, 0.25) is 0 Å². The molecule has 3 aromatic rings. The maximum absolute atomic E-state index is 10.4. The highest BCUT2D eigenvalue weighted by molar-refractivity contribution is 9.11. The molecule has 6 nitrogen and oxygen atoms in total. The van der Waals surface area contributed by atoms with Crippen LogP contribution in [0.4, 0.5) is 0 Å². The van der Waals surface area contributed by atoms with Gasteiger partial charge >= 0.3 is 5.97 Å². The highest BCUT2D eigenvalue weighted by atomic mass is 79.9. The fourth-order valence-corrected chi connectivity index (χ4v) is 3.87. The summed E-state index contributed by atoms with van der Waals surface area (Å²) in [6, 6.07) is 18.1. The number of benzene rings is 3. The molecule has 0 amide bonds. The van der Waals surface area contributed by atoms with Gasteiger partial charge in [-0.05, 0) is 73.3 Å². The number of phenolic OH excluding ortho intramolecular Hbond substituents is 1. The summed E-state index contributed by atoms with van der Waals surface area (Å²) < 4.78 is 7.32. The summed E-state index contributed by atoms with van der Waals surface area (Å²) in [4.78, 5) is 15.1. The van der Waals surface area contributed by atoms with E-state index in [1.807, 2.05) is 30.3 Å². The molecule has 0 spiro atoms. The predicted molar refractivity (Wildman–Crippen MR) is 117 cm³/mol. The molecule has 0 saturated heterocycles. The van der Waals surface area contributed by atoms with E-state index in [1.165, 1.54) is 6.21 Å². The van der Waals surface area contributed by atoms with E-state index in [9.17, 15) is 9.90 Å². The zero-order chi connectivity index (χ0) is 20.8. The first-order valence-electron chi connectivity index (χ1n) is 8.36. The minimum Gasteiger partial charge on any atom is -0.507 e. The van der Waals surface area contributed by atoms with Crippen LogP contribution in [-0.4, -0.2) is 29.0 Å². The van der Waals surface area contributed by atoms with E-state index in [4.69, 9.17) is 9.84 Å². The summed E-state index contributed by atoms with van der Waals surface area (Å²) in [6.45, 7) is -0.509. The van der Waals surface area contributed by atoms with E-state index in [1.54, 1.807) is 30.3 Å². The number of phenols is 1. The van der Waals surface area contributed by atoms with E-state index < -0.39 is 12.6 Å². The van der Waals surface area contributed by atoms with Crippen molar-refractivity contribution in [3.8, 4) is 28.4 Å². The normalized spacial score (nSPS) is 10.8. The van der Waals surface area contributed by atoms with Crippen molar-refractivity contribution in [1.29, 1.82) is 0 Å². The second-order valence-electron chi connectivity index (χ2n) is 5.86. The van der Waals surface area contributed by atoms with Crippen LogP contribution in [0, 0.1) is 0 Å². The Balaban J connectivity index is 1.83. The molecule has 0 bridgehead atoms. The lowest BCUT2D eigenvalue weighted by atomic mass is 10.0. The number of halogens is 2. The SMILES string of the molecule is O=C(O)CO/N=C/c1cc(Br)c(Oc2ccc(O)c(-c3ccccc3)c2)c(Br)c1. The van der Waals surface area contributed by atoms with Gasteiger partial charge in [-0.2, -0.15) is 0 Å². The van der Waals surface area contributed by atoms with Crippen molar-refractivity contribution in [2.45, 2.75) is 0 Å². The molecule has 0 radical (unpaired) electrons. The number of rotatable bonds is 7. The van der Waals surface area contributed by atoms with Gasteiger partial charge in [-0.15, -0.1) is 0 Å². The Morgan fingerprint density at radius 3 is 2.38 bits per heavy atom. The van der Waals surface area contributed by atoms with Gasteiger partial charge < -0.3 is 19.8 Å². The highest BCUT2D eigenvalue weighted by Gasteiger charge is 2.12. The van der Waals surface area contributed by atoms with Crippen LogP contribution in [0.5, 0.6) is 17.2 Å². The predicted octanol–water partition coefficient (Wildman–Crippen LogP) is 5.81. The molecular weight excluding hydrogens is 506 g/mol. The molecule has 148 valence electrons. The molecule has 0 fully saturated rings. The third-order valence-corrected chi connectivity index (χ3v) is 4.94. The van der Waals surface area contributed by atoms with Crippen LogP contribution in [0.25, 0.3) is 11.1 Å². The van der Waals surface area contributed by atoms with E-state index in [0.29, 0.717) is 31.6 Å². The van der Waals surface area contributed by atoms with Gasteiger partial charge in [-0.3, -0.25) is 0 Å². The number of oxime groups is 1. The summed E-state index contributed by atoms with van der Waals surface area (Å²) in [5.41, 5.74) is 2.22. The van der Waals surface area contributed by atoms with Crippen molar-refractivity contribution in [3.05, 3.63) is 75.2 Å². The average Bonchev–Trinajstić information content (AvgIpc) is 2.70. The van der Waals surface area contributed by atoms with E-state index in [0.717, 1.165) is 5.56 Å². The monoisotopic (exact) mass is 519 g/mol. The number of nitrogens with zero attached hydrogens (tertiary/aromatic N) is 1. The molecule has 0 unspecified atom stereocenters. The van der Waals surface area contributed by atoms with Crippen molar-refractivity contribution in [3.63, 3.8) is 0 Å². The molecule has 0 heterocycles. The number of hydrogen-bond acceptors (Lipinski definition) is 5. The molecule has 29 heavy (non-hydrogen) atoms. The number of ether oxygens (including phenoxy) is 1. The first-order chi connectivity index (χ1) is 13.9. The molecule has 2 N–H and O–H groups in total. The standard InChI is InChI=1S/C21H15Br2NO5/c22-17-8-13(11-24-28-12-20(26)27)9-18(23)21(17)29-15-6-7-19(25)16(10-15)14-4-2-1-3-5-14/h1-11,25H,12H2,(H,26,27)/b24-11+. The van der Waals surface area contributed by atoms with Crippen molar-refractivity contribution < 1.29 is 24.6 Å². The number of carboxylic acid groups (broad SMARTS) is 1. The van der Waals surface area contributed by atoms with Crippen LogP contribution >= 0.6 is 31.9 Å². The third kappa shape index (κ3) is 5.58. The summed E-state index contributed by atoms with van der Waals surface area (Å²) in [7, 11) is 0. The second kappa shape index (κ2) is 9.58. The molecule has 0 aliphatic heterocycles. The lowest BCUT2D eigenvalue weighted by molar-refractivity contribution is -0.142. The largest absolute Gasteiger partial charge is 0.507 e. The minimum absolute atomic E-state index is 0.162. The Morgan fingerprint density at radius 1 is 1.03 bits per heavy atom. The summed E-state index contributed by atoms with van der Waals surface area (Å²) in [5.74, 6) is 0.152. The van der Waals surface area contributed by atoms with E-state index in [2.05, 4.69) is 41.9 Å². The minimum atomic E-state index is -1.10. The van der Waals surface area contributed by atoms with Gasteiger partial charge in [-0.25, -0.2) is 4.79 Å². The Kier molecular flexibility index (Phi) is 6.90. The smallest absolute Gasteiger partial charge is 0.344 e. The molecule has 0 aliphatic rings. The lowest BCUT2D eigenvalue weighted by Gasteiger charge is -2.13. The first kappa shape index (κ1) is 20.9. The zero-order valence-corrected chi connectivity index (χ0v) is 18.1. The van der Waals surface area contributed by atoms with Crippen molar-refractivity contribution in [1.82, 2.24) is 0 Å². The second-order valence-corrected chi connectivity index (χ2v) is 7.57. The van der Waals surface area contributed by atoms with Gasteiger partial charge in [0.2, 0.25) is 6.61 Å². The van der Waals surface area contributed by atoms with Gasteiger partial charge in [-0.1, -0.05) is 35.5 Å². The number of hydrogen-bond donors (Lipinski definition) is 2. The summed E-state index contributed by atoms with van der Waals surface area (Å²) >= 11 is 6.93. The van der Waals surface area contributed by atoms with Gasteiger partial charge in [0.05, 0.1) is 15.2 Å². The van der Waals surface area contributed by atoms with Gasteiger partial charge in [0.1, 0.15) is 11.5 Å². The van der Waals surface area contributed by atoms with Crippen LogP contribution < -0.4 is 4.74 Å². The van der Waals surface area contributed by atoms with Gasteiger partial charge in [0, 0.05) is 5.56 Å². The fourth-order valence-electron chi connectivity index (χ4n) is 2.49. The van der Waals surface area contributed by atoms with Crippen LogP contribution in [0.3, 0.4) is 0 Å². The van der Waals surface area contributed by atoms with Crippen LogP contribution in [-0.2, 0) is 9.63 Å². The average molecular weight is 521 g/mol. The summed E-state index contributed by atoms with van der Waals surface area (Å²) in [6.07, 6.45) is 1.40. The quantitative estimate of drug-likeness (QED) is 0.303. The maximum atomic E-state index is 10.4. The van der Waals surface area contributed by atoms with Crippen LogP contribution in [0.1, 0.15) is 5.56 Å². The molecule has 3 rings (SSSR count). The van der Waals surface area contributed by atoms with Crippen LogP contribution in [0.15, 0.2) is 74.8 Å². The van der Waals surface area contributed by atoms with Crippen molar-refractivity contribution in [2.75, 3.05) is 6.61 Å². The molecular formula is C21H15Br2NO5. The molecule has 0 saturated carbocycles. The lowest BCUT2D eigenvalue weighted by Crippen LogP contribution is -2.03. The number of carboxylic acids is 1. The number of carbonyl (C=O) groups is 1. The Morgan fingerprint density at radius 2 is 1.72 bits per heavy atom. The van der Waals surface area contributed by atoms with E-state index >= 15 is 0 Å². The number of aromatic hydroxyl groups is 1. The first-order valence-corrected chi connectivity index (χ1v) is 9.95. The molecule has 0 atom stereocenters. The molecule has 0 aliphatic carbocycles. The van der Waals surface area contributed by atoms with Crippen molar-refractivity contribution >= 4 is 44.0 Å². The Bertz CT molecular complexity index is 1030. The van der Waals surface area contributed by atoms with Gasteiger partial charge in [0.15, 0.2) is 5.75 Å². The summed E-state index contributed by atoms with van der Waals surface area (Å²) in [5, 5.41) is 22.4. The molecule has 3 aromatic carbocycles. The zero-order valence-electron chi connectivity index (χ0n) is 14.9. The Labute approximate surface area is 183 Å². The third-order valence-electron chi connectivity index (χ3n) is 3.76. The van der Waals surface area contributed by atoms with Gasteiger partial charge in [0.25, 0.3) is 0 Å². The Hall–Kier alpha value is -2.84. The highest BCUT2D eigenvalue weighted by Crippen LogP contribution is 2.40. The molecule has 0 aromatic heterocycles. The van der Waals surface area contributed by atoms with E-state index in [-0.39, 0.29) is 5.75 Å². The maximum Gasteiger partial charge on any atom is 0.344 e. The fraction of sp³-hybridized carbons (Fsp3) is 0.0476. The number of aliphatic carboxylic acids is 1. The topological polar surface area (TPSA) is 88.4 Å².